The number of rotatable bonds is 4. The lowest BCUT2D eigenvalue weighted by Crippen LogP contribution is -2.55. The Kier molecular flexibility index (Phi) is 4.07. The molecule has 1 fully saturated rings. The maximum absolute atomic E-state index is 10.8. The molecule has 1 unspecified atom stereocenters. The molecular formula is C10H20N2O3. The molecule has 5 heteroatoms. The molecule has 1 saturated heterocycles. The van der Waals surface area contributed by atoms with Gasteiger partial charge in [-0.3, -0.25) is 4.79 Å². The minimum Gasteiger partial charge on any atom is -0.480 e. The molecular weight excluding hydrogens is 196 g/mol. The summed E-state index contributed by atoms with van der Waals surface area (Å²) in [7, 11) is 1.71. The van der Waals surface area contributed by atoms with Crippen molar-refractivity contribution in [2.24, 2.45) is 5.73 Å². The smallest absolute Gasteiger partial charge is 0.324 e. The second-order valence-electron chi connectivity index (χ2n) is 4.43. The van der Waals surface area contributed by atoms with Crippen molar-refractivity contribution in [3.05, 3.63) is 0 Å². The van der Waals surface area contributed by atoms with E-state index >= 15 is 0 Å². The first-order valence-corrected chi connectivity index (χ1v) is 5.23. The van der Waals surface area contributed by atoms with Gasteiger partial charge in [-0.1, -0.05) is 0 Å². The largest absolute Gasteiger partial charge is 0.480 e. The number of aliphatic carboxylic acids is 1. The molecule has 88 valence electrons. The van der Waals surface area contributed by atoms with Crippen molar-refractivity contribution >= 4 is 5.97 Å². The molecule has 0 amide bonds. The standard InChI is InChI=1S/C10H20N2O3/c1-10(11,9(13)14)7-12-5-3-8(15-2)4-6-12/h8H,3-7,11H2,1-2H3,(H,13,14). The van der Waals surface area contributed by atoms with Crippen LogP contribution in [0.1, 0.15) is 19.8 Å². The van der Waals surface area contributed by atoms with Gasteiger partial charge in [-0.15, -0.1) is 0 Å². The lowest BCUT2D eigenvalue weighted by Gasteiger charge is -2.34. The van der Waals surface area contributed by atoms with Gasteiger partial charge in [-0.2, -0.15) is 0 Å². The summed E-state index contributed by atoms with van der Waals surface area (Å²) in [5.41, 5.74) is 4.53. The molecule has 1 rings (SSSR count). The average Bonchev–Trinajstić information content (AvgIpc) is 2.18. The topological polar surface area (TPSA) is 75.8 Å². The number of methoxy groups -OCH3 is 1. The van der Waals surface area contributed by atoms with Crippen LogP contribution in [-0.2, 0) is 9.53 Å². The lowest BCUT2D eigenvalue weighted by molar-refractivity contribution is -0.143. The second-order valence-corrected chi connectivity index (χ2v) is 4.43. The van der Waals surface area contributed by atoms with Gasteiger partial charge in [0.1, 0.15) is 5.54 Å². The first kappa shape index (κ1) is 12.4. The van der Waals surface area contributed by atoms with Crippen LogP contribution in [0.15, 0.2) is 0 Å². The number of carbonyl (C=O) groups is 1. The summed E-state index contributed by atoms with van der Waals surface area (Å²) in [5.74, 6) is -0.948. The number of hydrogen-bond acceptors (Lipinski definition) is 4. The Morgan fingerprint density at radius 3 is 2.53 bits per heavy atom. The molecule has 1 aliphatic rings. The predicted octanol–water partition coefficient (Wildman–Crippen LogP) is -0.101. The fraction of sp³-hybridized carbons (Fsp3) is 0.900. The quantitative estimate of drug-likeness (QED) is 0.686. The summed E-state index contributed by atoms with van der Waals surface area (Å²) in [6.45, 7) is 3.67. The minimum atomic E-state index is -1.15. The highest BCUT2D eigenvalue weighted by molar-refractivity contribution is 5.78. The number of hydrogen-bond donors (Lipinski definition) is 2. The van der Waals surface area contributed by atoms with E-state index in [4.69, 9.17) is 15.6 Å². The van der Waals surface area contributed by atoms with E-state index in [0.29, 0.717) is 12.6 Å². The van der Waals surface area contributed by atoms with Gasteiger partial charge in [0.25, 0.3) is 0 Å². The van der Waals surface area contributed by atoms with E-state index in [2.05, 4.69) is 4.90 Å². The molecule has 0 aromatic carbocycles. The average molecular weight is 216 g/mol. The fourth-order valence-electron chi connectivity index (χ4n) is 1.84. The highest BCUT2D eigenvalue weighted by Crippen LogP contribution is 2.14. The Morgan fingerprint density at radius 2 is 2.13 bits per heavy atom. The zero-order valence-electron chi connectivity index (χ0n) is 9.40. The number of nitrogens with two attached hydrogens (primary N) is 1. The molecule has 15 heavy (non-hydrogen) atoms. The van der Waals surface area contributed by atoms with Crippen LogP contribution in [0.2, 0.25) is 0 Å². The zero-order chi connectivity index (χ0) is 11.5. The molecule has 0 aliphatic carbocycles. The summed E-state index contributed by atoms with van der Waals surface area (Å²) in [6.07, 6.45) is 2.22. The van der Waals surface area contributed by atoms with Gasteiger partial charge in [0.05, 0.1) is 6.10 Å². The summed E-state index contributed by atoms with van der Waals surface area (Å²) in [6, 6.07) is 0. The molecule has 1 aliphatic heterocycles. The maximum Gasteiger partial charge on any atom is 0.324 e. The van der Waals surface area contributed by atoms with E-state index in [9.17, 15) is 4.79 Å². The van der Waals surface area contributed by atoms with Gasteiger partial charge >= 0.3 is 5.97 Å². The van der Waals surface area contributed by atoms with E-state index in [1.807, 2.05) is 0 Å². The van der Waals surface area contributed by atoms with Crippen molar-refractivity contribution in [3.8, 4) is 0 Å². The SMILES string of the molecule is COC1CCN(CC(C)(N)C(=O)O)CC1. The highest BCUT2D eigenvalue weighted by atomic mass is 16.5. The summed E-state index contributed by atoms with van der Waals surface area (Å²) in [4.78, 5) is 12.9. The summed E-state index contributed by atoms with van der Waals surface area (Å²) < 4.78 is 5.24. The predicted molar refractivity (Wildman–Crippen MR) is 56.7 cm³/mol. The monoisotopic (exact) mass is 216 g/mol. The number of carboxylic acids is 1. The van der Waals surface area contributed by atoms with Crippen molar-refractivity contribution < 1.29 is 14.6 Å². The number of likely N-dealkylation sites (tertiary alicyclic amines) is 1. The zero-order valence-corrected chi connectivity index (χ0v) is 9.40. The Bertz CT molecular complexity index is 223. The van der Waals surface area contributed by atoms with Crippen molar-refractivity contribution in [2.75, 3.05) is 26.7 Å². The van der Waals surface area contributed by atoms with Crippen LogP contribution in [0.25, 0.3) is 0 Å². The van der Waals surface area contributed by atoms with Crippen molar-refractivity contribution in [2.45, 2.75) is 31.4 Å². The molecule has 3 N–H and O–H groups in total. The Balaban J connectivity index is 2.38. The molecule has 1 heterocycles. The minimum absolute atomic E-state index is 0.315. The van der Waals surface area contributed by atoms with Crippen LogP contribution in [0.3, 0.4) is 0 Å². The number of ether oxygens (including phenoxy) is 1. The van der Waals surface area contributed by atoms with Crippen LogP contribution in [-0.4, -0.2) is 54.4 Å². The fourth-order valence-corrected chi connectivity index (χ4v) is 1.84. The van der Waals surface area contributed by atoms with Crippen LogP contribution < -0.4 is 5.73 Å². The molecule has 0 aromatic heterocycles. The number of nitrogens with zero attached hydrogens (tertiary/aromatic N) is 1. The molecule has 5 nitrogen and oxygen atoms in total. The third kappa shape index (κ3) is 3.44. The molecule has 0 radical (unpaired) electrons. The summed E-state index contributed by atoms with van der Waals surface area (Å²) in [5, 5.41) is 8.89. The van der Waals surface area contributed by atoms with Crippen molar-refractivity contribution in [3.63, 3.8) is 0 Å². The molecule has 0 spiro atoms. The first-order chi connectivity index (χ1) is 6.95. The first-order valence-electron chi connectivity index (χ1n) is 5.23. The van der Waals surface area contributed by atoms with Crippen LogP contribution in [0.5, 0.6) is 0 Å². The molecule has 0 saturated carbocycles. The third-order valence-electron chi connectivity index (χ3n) is 2.91. The molecule has 0 aromatic rings. The number of carboxylic acid groups (broad SMARTS) is 1. The van der Waals surface area contributed by atoms with Crippen LogP contribution in [0, 0.1) is 0 Å². The van der Waals surface area contributed by atoms with E-state index < -0.39 is 11.5 Å². The van der Waals surface area contributed by atoms with E-state index in [0.717, 1.165) is 25.9 Å². The van der Waals surface area contributed by atoms with E-state index in [1.54, 1.807) is 14.0 Å². The van der Waals surface area contributed by atoms with Crippen molar-refractivity contribution in [1.82, 2.24) is 4.90 Å². The van der Waals surface area contributed by atoms with Gasteiger partial charge in [-0.05, 0) is 19.8 Å². The van der Waals surface area contributed by atoms with E-state index in [-0.39, 0.29) is 0 Å². The van der Waals surface area contributed by atoms with Crippen LogP contribution in [0.4, 0.5) is 0 Å². The normalized spacial score (nSPS) is 23.7. The Morgan fingerprint density at radius 1 is 1.60 bits per heavy atom. The van der Waals surface area contributed by atoms with Crippen LogP contribution >= 0.6 is 0 Å². The lowest BCUT2D eigenvalue weighted by atomic mass is 10.0. The van der Waals surface area contributed by atoms with Gasteiger partial charge < -0.3 is 20.5 Å². The maximum atomic E-state index is 10.8. The van der Waals surface area contributed by atoms with Gasteiger partial charge in [-0.25, -0.2) is 0 Å². The number of piperidine rings is 1. The van der Waals surface area contributed by atoms with Gasteiger partial charge in [0.15, 0.2) is 0 Å². The molecule has 0 bridgehead atoms. The Hall–Kier alpha value is -0.650. The second kappa shape index (κ2) is 4.92. The molecule has 1 atom stereocenters. The summed E-state index contributed by atoms with van der Waals surface area (Å²) >= 11 is 0. The Labute approximate surface area is 90.2 Å². The highest BCUT2D eigenvalue weighted by Gasteiger charge is 2.31. The van der Waals surface area contributed by atoms with E-state index in [1.165, 1.54) is 0 Å². The van der Waals surface area contributed by atoms with Gasteiger partial charge in [0, 0.05) is 26.7 Å². The third-order valence-corrected chi connectivity index (χ3v) is 2.91. The van der Waals surface area contributed by atoms with Crippen molar-refractivity contribution in [1.29, 1.82) is 0 Å². The van der Waals surface area contributed by atoms with Gasteiger partial charge in [0.2, 0.25) is 0 Å².